The molecule has 0 unspecified atom stereocenters. The summed E-state index contributed by atoms with van der Waals surface area (Å²) >= 11 is 2.19. The zero-order valence-corrected chi connectivity index (χ0v) is 20.0. The van der Waals surface area contributed by atoms with Crippen LogP contribution in [0, 0.1) is 5.92 Å². The van der Waals surface area contributed by atoms with Crippen LogP contribution in [0.1, 0.15) is 54.4 Å². The molecule has 2 nitrogen and oxygen atoms in total. The summed E-state index contributed by atoms with van der Waals surface area (Å²) in [5.41, 5.74) is 2.21. The predicted molar refractivity (Wildman–Crippen MR) is 118 cm³/mol. The summed E-state index contributed by atoms with van der Waals surface area (Å²) in [6, 6.07) is 0. The zero-order chi connectivity index (χ0) is 19.1. The molecule has 0 radical (unpaired) electrons. The number of aliphatic hydroxyl groups is 1. The number of hydrogen-bond acceptors (Lipinski definition) is 2. The van der Waals surface area contributed by atoms with E-state index < -0.39 is 14.4 Å². The van der Waals surface area contributed by atoms with Crippen LogP contribution in [0.25, 0.3) is 0 Å². The first-order chi connectivity index (χ1) is 10.9. The van der Waals surface area contributed by atoms with Gasteiger partial charge in [-0.1, -0.05) is 62.4 Å². The Bertz CT molecular complexity index is 461. The predicted octanol–water partition coefficient (Wildman–Crippen LogP) is 6.63. The largest absolute Gasteiger partial charge is 0.410 e. The maximum Gasteiger partial charge on any atom is 0.192 e. The minimum Gasteiger partial charge on any atom is -0.410 e. The maximum absolute atomic E-state index is 10.5. The van der Waals surface area contributed by atoms with E-state index in [0.717, 1.165) is 18.4 Å². The average Bonchev–Trinajstić information content (AvgIpc) is 2.49. The van der Waals surface area contributed by atoms with Crippen LogP contribution in [0.15, 0.2) is 34.0 Å². The smallest absolute Gasteiger partial charge is 0.192 e. The van der Waals surface area contributed by atoms with Crippen molar-refractivity contribution < 1.29 is 9.53 Å². The van der Waals surface area contributed by atoms with E-state index in [-0.39, 0.29) is 17.1 Å². The van der Waals surface area contributed by atoms with Crippen molar-refractivity contribution in [1.82, 2.24) is 0 Å². The molecule has 0 aliphatic heterocycles. The van der Waals surface area contributed by atoms with E-state index in [1.165, 1.54) is 5.57 Å². The molecule has 140 valence electrons. The molecule has 0 fully saturated rings. The summed E-state index contributed by atoms with van der Waals surface area (Å²) in [5, 5.41) is 10.7. The van der Waals surface area contributed by atoms with Crippen LogP contribution in [-0.4, -0.2) is 25.6 Å². The molecule has 0 amide bonds. The molecule has 0 aromatic heterocycles. The first kappa shape index (κ1) is 24.1. The van der Waals surface area contributed by atoms with Gasteiger partial charge in [0.25, 0.3) is 0 Å². The maximum atomic E-state index is 10.5. The van der Waals surface area contributed by atoms with Crippen molar-refractivity contribution in [1.29, 1.82) is 0 Å². The second kappa shape index (κ2) is 10.3. The lowest BCUT2D eigenvalue weighted by Crippen LogP contribution is -2.44. The fourth-order valence-electron chi connectivity index (χ4n) is 2.29. The second-order valence-corrected chi connectivity index (χ2v) is 13.6. The van der Waals surface area contributed by atoms with Gasteiger partial charge in [0, 0.05) is 5.92 Å². The molecule has 24 heavy (non-hydrogen) atoms. The molecule has 0 saturated heterocycles. The third-order valence-corrected chi connectivity index (χ3v) is 10.6. The Morgan fingerprint density at radius 1 is 1.25 bits per heavy atom. The minimum atomic E-state index is -1.85. The van der Waals surface area contributed by atoms with Crippen molar-refractivity contribution >= 4 is 30.9 Å². The van der Waals surface area contributed by atoms with Gasteiger partial charge in [0.05, 0.1) is 12.2 Å². The summed E-state index contributed by atoms with van der Waals surface area (Å²) in [7, 11) is -1.85. The van der Waals surface area contributed by atoms with Crippen molar-refractivity contribution in [2.75, 3.05) is 0 Å². The minimum absolute atomic E-state index is 0.0496. The van der Waals surface area contributed by atoms with Gasteiger partial charge in [-0.3, -0.25) is 0 Å². The first-order valence-corrected chi connectivity index (χ1v) is 13.0. The Morgan fingerprint density at radius 3 is 2.17 bits per heavy atom. The van der Waals surface area contributed by atoms with Crippen molar-refractivity contribution in [3.8, 4) is 0 Å². The summed E-state index contributed by atoms with van der Waals surface area (Å²) in [6.45, 7) is 21.5. The van der Waals surface area contributed by atoms with Crippen LogP contribution in [0.2, 0.25) is 18.1 Å². The summed E-state index contributed by atoms with van der Waals surface area (Å²) in [4.78, 5) is 0. The monoisotopic (exact) mass is 464 g/mol. The Kier molecular flexibility index (Phi) is 10.3. The van der Waals surface area contributed by atoms with Crippen LogP contribution in [0.3, 0.4) is 0 Å². The molecule has 0 aromatic rings. The van der Waals surface area contributed by atoms with Crippen LogP contribution in [-0.2, 0) is 4.43 Å². The summed E-state index contributed by atoms with van der Waals surface area (Å²) in [5.74, 6) is 0.117. The van der Waals surface area contributed by atoms with Crippen molar-refractivity contribution in [2.45, 2.75) is 84.7 Å². The van der Waals surface area contributed by atoms with Crippen LogP contribution in [0.5, 0.6) is 0 Å². The zero-order valence-electron chi connectivity index (χ0n) is 16.8. The molecule has 0 aromatic carbocycles. The summed E-state index contributed by atoms with van der Waals surface area (Å²) < 4.78 is 8.58. The highest BCUT2D eigenvalue weighted by Crippen LogP contribution is 2.38. The molecule has 0 saturated carbocycles. The van der Waals surface area contributed by atoms with Crippen LogP contribution < -0.4 is 0 Å². The highest BCUT2D eigenvalue weighted by molar-refractivity contribution is 14.1. The molecule has 0 heterocycles. The molecular formula is C20H37IO2Si. The van der Waals surface area contributed by atoms with E-state index in [2.05, 4.69) is 83.0 Å². The molecule has 0 bridgehead atoms. The molecular weight excluding hydrogens is 427 g/mol. The van der Waals surface area contributed by atoms with E-state index in [1.807, 2.05) is 17.1 Å². The number of hydrogen-bond donors (Lipinski definition) is 1. The lowest BCUT2D eigenvalue weighted by Gasteiger charge is -2.39. The lowest BCUT2D eigenvalue weighted by molar-refractivity contribution is 0.160. The summed E-state index contributed by atoms with van der Waals surface area (Å²) in [6.07, 6.45) is 5.47. The Morgan fingerprint density at radius 2 is 1.79 bits per heavy atom. The van der Waals surface area contributed by atoms with Crippen molar-refractivity contribution in [2.24, 2.45) is 5.92 Å². The van der Waals surface area contributed by atoms with Gasteiger partial charge in [-0.25, -0.2) is 0 Å². The van der Waals surface area contributed by atoms with Gasteiger partial charge >= 0.3 is 0 Å². The van der Waals surface area contributed by atoms with Gasteiger partial charge < -0.3 is 9.53 Å². The Labute approximate surface area is 164 Å². The van der Waals surface area contributed by atoms with Crippen LogP contribution >= 0.6 is 22.6 Å². The fraction of sp³-hybridized carbons (Fsp3) is 0.700. The third-order valence-electron chi connectivity index (χ3n) is 5.12. The number of halogens is 1. The van der Waals surface area contributed by atoms with Gasteiger partial charge in [0.1, 0.15) is 0 Å². The van der Waals surface area contributed by atoms with E-state index in [4.69, 9.17) is 4.43 Å². The normalized spacial score (nSPS) is 18.2. The van der Waals surface area contributed by atoms with Gasteiger partial charge in [0.15, 0.2) is 8.32 Å². The van der Waals surface area contributed by atoms with E-state index >= 15 is 0 Å². The molecule has 0 spiro atoms. The van der Waals surface area contributed by atoms with Gasteiger partial charge in [0.2, 0.25) is 0 Å². The molecule has 1 N–H and O–H groups in total. The van der Waals surface area contributed by atoms with E-state index in [1.54, 1.807) is 0 Å². The van der Waals surface area contributed by atoms with Gasteiger partial charge in [-0.05, 0) is 60.1 Å². The molecule has 0 rings (SSSR count). The number of rotatable bonds is 9. The van der Waals surface area contributed by atoms with E-state index in [9.17, 15) is 5.11 Å². The quantitative estimate of drug-likeness (QED) is 0.236. The SMILES string of the molecule is C=CC[C@H](O[Si](C)(C)C(C)(C)C)/C(C)=C/[C@H](CC)[C@@H](O)/C(C)=C/I. The third kappa shape index (κ3) is 7.14. The average molecular weight is 465 g/mol. The van der Waals surface area contributed by atoms with Crippen LogP contribution in [0.4, 0.5) is 0 Å². The highest BCUT2D eigenvalue weighted by Gasteiger charge is 2.39. The number of aliphatic hydroxyl groups excluding tert-OH is 1. The standard InChI is InChI=1S/C20H37IO2Si/c1-10-12-18(23-24(8,9)20(5,6)7)15(3)13-17(11-2)19(22)16(4)14-21/h10,13-14,17-19,22H,1,11-12H2,2-9H3/b15-13+,16-14+/t17-,18-,19-/m0/s1. The molecule has 0 aliphatic carbocycles. The first-order valence-electron chi connectivity index (χ1n) is 8.83. The topological polar surface area (TPSA) is 29.5 Å². The van der Waals surface area contributed by atoms with Gasteiger partial charge in [-0.2, -0.15) is 0 Å². The van der Waals surface area contributed by atoms with Crippen molar-refractivity contribution in [3.05, 3.63) is 34.0 Å². The van der Waals surface area contributed by atoms with Crippen molar-refractivity contribution in [3.63, 3.8) is 0 Å². The fourth-order valence-corrected chi connectivity index (χ4v) is 4.01. The highest BCUT2D eigenvalue weighted by atomic mass is 127. The lowest BCUT2D eigenvalue weighted by atomic mass is 9.91. The molecule has 4 heteroatoms. The van der Waals surface area contributed by atoms with Gasteiger partial charge in [-0.15, -0.1) is 6.58 Å². The Hall–Kier alpha value is 0.0869. The Balaban J connectivity index is 5.47. The molecule has 3 atom stereocenters. The second-order valence-electron chi connectivity index (χ2n) is 8.17. The van der Waals surface area contributed by atoms with E-state index in [0.29, 0.717) is 0 Å². The molecule has 0 aliphatic rings.